The fourth-order valence-corrected chi connectivity index (χ4v) is 3.13. The van der Waals surface area contributed by atoms with Gasteiger partial charge in [-0.05, 0) is 30.4 Å². The van der Waals surface area contributed by atoms with Gasteiger partial charge in [-0.15, -0.1) is 11.3 Å². The van der Waals surface area contributed by atoms with Crippen LogP contribution < -0.4 is 0 Å². The van der Waals surface area contributed by atoms with Gasteiger partial charge in [-0.2, -0.15) is 0 Å². The molecule has 0 unspecified atom stereocenters. The first-order chi connectivity index (χ1) is 9.19. The van der Waals surface area contributed by atoms with Crippen molar-refractivity contribution in [1.82, 2.24) is 4.90 Å². The molecular formula is C13H17NO4S. The number of rotatable bonds is 4. The van der Waals surface area contributed by atoms with E-state index in [-0.39, 0.29) is 12.5 Å². The van der Waals surface area contributed by atoms with Crippen molar-refractivity contribution < 1.29 is 19.1 Å². The lowest BCUT2D eigenvalue weighted by molar-refractivity contribution is -0.155. The molecule has 0 saturated heterocycles. The molecule has 1 amide bonds. The third-order valence-electron chi connectivity index (χ3n) is 3.14. The number of thiophene rings is 1. The number of methoxy groups -OCH3 is 1. The van der Waals surface area contributed by atoms with Crippen LogP contribution in [0, 0.1) is 0 Å². The lowest BCUT2D eigenvalue weighted by atomic mass is 10.00. The van der Waals surface area contributed by atoms with E-state index >= 15 is 0 Å². The highest BCUT2D eigenvalue weighted by atomic mass is 32.1. The van der Waals surface area contributed by atoms with Crippen LogP contribution in [0.3, 0.4) is 0 Å². The van der Waals surface area contributed by atoms with Crippen molar-refractivity contribution >= 4 is 23.2 Å². The lowest BCUT2D eigenvalue weighted by Crippen LogP contribution is -2.45. The molecule has 1 aliphatic heterocycles. The highest BCUT2D eigenvalue weighted by Crippen LogP contribution is 2.34. The molecule has 0 saturated carbocycles. The summed E-state index contributed by atoms with van der Waals surface area (Å²) in [6, 6.07) is 1.26. The van der Waals surface area contributed by atoms with E-state index in [4.69, 9.17) is 9.47 Å². The van der Waals surface area contributed by atoms with E-state index in [0.29, 0.717) is 13.2 Å². The Hall–Kier alpha value is -1.40. The second-order valence-electron chi connectivity index (χ2n) is 4.20. The average Bonchev–Trinajstić information content (AvgIpc) is 2.91. The van der Waals surface area contributed by atoms with Gasteiger partial charge in [0, 0.05) is 18.0 Å². The molecule has 0 radical (unpaired) electrons. The first-order valence-electron chi connectivity index (χ1n) is 6.20. The fourth-order valence-electron chi connectivity index (χ4n) is 2.22. The van der Waals surface area contributed by atoms with Crippen LogP contribution in [0.2, 0.25) is 0 Å². The zero-order valence-corrected chi connectivity index (χ0v) is 11.9. The molecule has 5 nitrogen and oxygen atoms in total. The zero-order valence-electron chi connectivity index (χ0n) is 11.0. The number of hydrogen-bond donors (Lipinski definition) is 0. The molecule has 19 heavy (non-hydrogen) atoms. The predicted octanol–water partition coefficient (Wildman–Crippen LogP) is 1.38. The molecule has 6 heteroatoms. The first-order valence-corrected chi connectivity index (χ1v) is 7.08. The topological polar surface area (TPSA) is 55.8 Å². The van der Waals surface area contributed by atoms with Gasteiger partial charge >= 0.3 is 5.97 Å². The van der Waals surface area contributed by atoms with E-state index in [1.54, 1.807) is 16.2 Å². The fraction of sp³-hybridized carbons (Fsp3) is 0.538. The molecule has 0 aliphatic carbocycles. The third-order valence-corrected chi connectivity index (χ3v) is 4.14. The zero-order chi connectivity index (χ0) is 13.8. The van der Waals surface area contributed by atoms with Gasteiger partial charge in [0.15, 0.2) is 6.04 Å². The minimum atomic E-state index is -0.632. The predicted molar refractivity (Wildman–Crippen MR) is 71.0 cm³/mol. The summed E-state index contributed by atoms with van der Waals surface area (Å²) in [5.74, 6) is -0.571. The van der Waals surface area contributed by atoms with Crippen molar-refractivity contribution in [3.8, 4) is 0 Å². The standard InChI is InChI=1S/C13H17NO4S/c1-3-18-8-11(15)14-6-4-10-9(5-7-19-10)12(14)13(16)17-2/h5,7,12H,3-4,6,8H2,1-2H3/t12-/m0/s1. The summed E-state index contributed by atoms with van der Waals surface area (Å²) in [7, 11) is 1.34. The van der Waals surface area contributed by atoms with Crippen LogP contribution in [0.25, 0.3) is 0 Å². The molecule has 2 heterocycles. The number of ether oxygens (including phenoxy) is 2. The van der Waals surface area contributed by atoms with E-state index in [0.717, 1.165) is 16.9 Å². The quantitative estimate of drug-likeness (QED) is 0.783. The second kappa shape index (κ2) is 6.16. The van der Waals surface area contributed by atoms with E-state index < -0.39 is 12.0 Å². The third kappa shape index (κ3) is 2.79. The number of fused-ring (bicyclic) bond motifs is 1. The Labute approximate surface area is 116 Å². The summed E-state index contributed by atoms with van der Waals surface area (Å²) >= 11 is 1.61. The number of carbonyl (C=O) groups is 2. The molecule has 104 valence electrons. The monoisotopic (exact) mass is 283 g/mol. The Morgan fingerprint density at radius 3 is 3.00 bits per heavy atom. The van der Waals surface area contributed by atoms with Crippen LogP contribution in [0.1, 0.15) is 23.4 Å². The highest BCUT2D eigenvalue weighted by Gasteiger charge is 2.37. The maximum absolute atomic E-state index is 12.1. The summed E-state index contributed by atoms with van der Waals surface area (Å²) in [5.41, 5.74) is 0.882. The van der Waals surface area contributed by atoms with Crippen molar-refractivity contribution in [3.05, 3.63) is 21.9 Å². The number of amides is 1. The Kier molecular flexibility index (Phi) is 4.55. The summed E-state index contributed by atoms with van der Waals surface area (Å²) in [4.78, 5) is 26.8. The van der Waals surface area contributed by atoms with Crippen molar-refractivity contribution in [2.24, 2.45) is 0 Å². The van der Waals surface area contributed by atoms with Crippen LogP contribution in [-0.2, 0) is 25.5 Å². The molecule has 0 bridgehead atoms. The molecule has 0 N–H and O–H groups in total. The SMILES string of the molecule is CCOCC(=O)N1CCc2sccc2[C@H]1C(=O)OC. The molecule has 1 aromatic heterocycles. The van der Waals surface area contributed by atoms with Gasteiger partial charge in [0.2, 0.25) is 5.91 Å². The van der Waals surface area contributed by atoms with Crippen LogP contribution >= 0.6 is 11.3 Å². The van der Waals surface area contributed by atoms with Gasteiger partial charge in [0.05, 0.1) is 7.11 Å². The van der Waals surface area contributed by atoms with E-state index in [2.05, 4.69) is 0 Å². The average molecular weight is 283 g/mol. The Balaban J connectivity index is 2.24. The van der Waals surface area contributed by atoms with Gasteiger partial charge < -0.3 is 14.4 Å². The van der Waals surface area contributed by atoms with Gasteiger partial charge in [-0.25, -0.2) is 4.79 Å². The van der Waals surface area contributed by atoms with Gasteiger partial charge in [0.1, 0.15) is 6.61 Å². The summed E-state index contributed by atoms with van der Waals surface area (Å²) in [6.07, 6.45) is 0.776. The van der Waals surface area contributed by atoms with Gasteiger partial charge in [-0.1, -0.05) is 0 Å². The Morgan fingerprint density at radius 1 is 1.53 bits per heavy atom. The van der Waals surface area contributed by atoms with Crippen molar-refractivity contribution in [2.75, 3.05) is 26.9 Å². The van der Waals surface area contributed by atoms with Crippen LogP contribution in [0.5, 0.6) is 0 Å². The Morgan fingerprint density at radius 2 is 2.32 bits per heavy atom. The van der Waals surface area contributed by atoms with E-state index in [1.165, 1.54) is 7.11 Å². The van der Waals surface area contributed by atoms with Crippen molar-refractivity contribution in [2.45, 2.75) is 19.4 Å². The summed E-state index contributed by atoms with van der Waals surface area (Å²) in [6.45, 7) is 2.84. The molecule has 0 fully saturated rings. The molecule has 1 aliphatic rings. The van der Waals surface area contributed by atoms with Crippen LogP contribution in [-0.4, -0.2) is 43.6 Å². The smallest absolute Gasteiger partial charge is 0.333 e. The van der Waals surface area contributed by atoms with Crippen LogP contribution in [0.4, 0.5) is 0 Å². The lowest BCUT2D eigenvalue weighted by Gasteiger charge is -2.33. The second-order valence-corrected chi connectivity index (χ2v) is 5.20. The normalized spacial score (nSPS) is 18.0. The molecular weight excluding hydrogens is 266 g/mol. The number of esters is 1. The minimum absolute atomic E-state index is 0.00344. The molecule has 2 rings (SSSR count). The maximum Gasteiger partial charge on any atom is 0.333 e. The molecule has 1 atom stereocenters. The number of nitrogens with zero attached hydrogens (tertiary/aromatic N) is 1. The summed E-state index contributed by atoms with van der Waals surface area (Å²) in [5, 5.41) is 1.94. The van der Waals surface area contributed by atoms with E-state index in [1.807, 2.05) is 18.4 Å². The Bertz CT molecular complexity index is 471. The minimum Gasteiger partial charge on any atom is -0.467 e. The largest absolute Gasteiger partial charge is 0.467 e. The first kappa shape index (κ1) is 14.0. The van der Waals surface area contributed by atoms with Gasteiger partial charge in [0.25, 0.3) is 0 Å². The van der Waals surface area contributed by atoms with Crippen LogP contribution in [0.15, 0.2) is 11.4 Å². The molecule has 0 aromatic carbocycles. The molecule has 1 aromatic rings. The number of carbonyl (C=O) groups excluding carboxylic acids is 2. The van der Waals surface area contributed by atoms with E-state index in [9.17, 15) is 9.59 Å². The van der Waals surface area contributed by atoms with Crippen molar-refractivity contribution in [3.63, 3.8) is 0 Å². The maximum atomic E-state index is 12.1. The number of hydrogen-bond acceptors (Lipinski definition) is 5. The van der Waals surface area contributed by atoms with Crippen molar-refractivity contribution in [1.29, 1.82) is 0 Å². The molecule has 0 spiro atoms. The highest BCUT2D eigenvalue weighted by molar-refractivity contribution is 7.10. The summed E-state index contributed by atoms with van der Waals surface area (Å²) < 4.78 is 9.97. The van der Waals surface area contributed by atoms with Gasteiger partial charge in [-0.3, -0.25) is 4.79 Å².